The molecule has 1 amide bonds. The highest BCUT2D eigenvalue weighted by Gasteiger charge is 2.29. The van der Waals surface area contributed by atoms with Crippen LogP contribution < -0.4 is 9.73 Å². The maximum atomic E-state index is 12.2. The number of sulfonamides is 1. The fourth-order valence-electron chi connectivity index (χ4n) is 2.51. The lowest BCUT2D eigenvalue weighted by molar-refractivity contribution is -0.121. The number of carbonyl (C=O) groups is 1. The Morgan fingerprint density at radius 2 is 1.82 bits per heavy atom. The van der Waals surface area contributed by atoms with E-state index < -0.39 is 22.0 Å². The number of benzene rings is 1. The molecule has 1 aromatic carbocycles. The molecule has 6 nitrogen and oxygen atoms in total. The van der Waals surface area contributed by atoms with Gasteiger partial charge in [0.05, 0.1) is 11.9 Å². The maximum absolute atomic E-state index is 12.2. The first-order chi connectivity index (χ1) is 10.4. The molecule has 0 unspecified atom stereocenters. The van der Waals surface area contributed by atoms with Crippen LogP contribution in [0.25, 0.3) is 0 Å². The van der Waals surface area contributed by atoms with Gasteiger partial charge in [-0.15, -0.1) is 0 Å². The Bertz CT molecular complexity index is 648. The quantitative estimate of drug-likeness (QED) is 0.840. The summed E-state index contributed by atoms with van der Waals surface area (Å²) in [5.41, 5.74) is 3.91. The normalized spacial score (nSPS) is 16.2. The fraction of sp³-hybridized carbons (Fsp3) is 0.467. The molecule has 0 spiro atoms. The highest BCUT2D eigenvalue weighted by molar-refractivity contribution is 7.92. The summed E-state index contributed by atoms with van der Waals surface area (Å²) in [5, 5.41) is 4.10. The van der Waals surface area contributed by atoms with E-state index in [2.05, 4.69) is 10.5 Å². The predicted molar refractivity (Wildman–Crippen MR) is 87.3 cm³/mol. The van der Waals surface area contributed by atoms with Gasteiger partial charge < -0.3 is 0 Å². The molecular formula is C15H21N3O3S. The highest BCUT2D eigenvalue weighted by Crippen LogP contribution is 2.20. The van der Waals surface area contributed by atoms with Gasteiger partial charge >= 0.3 is 0 Å². The first kappa shape index (κ1) is 16.5. The van der Waals surface area contributed by atoms with Crippen LogP contribution in [0.1, 0.15) is 32.6 Å². The zero-order valence-electron chi connectivity index (χ0n) is 12.8. The molecule has 0 saturated heterocycles. The van der Waals surface area contributed by atoms with Crippen molar-refractivity contribution < 1.29 is 13.2 Å². The van der Waals surface area contributed by atoms with E-state index in [9.17, 15) is 13.2 Å². The zero-order chi connectivity index (χ0) is 16.2. The zero-order valence-corrected chi connectivity index (χ0v) is 13.6. The minimum Gasteiger partial charge on any atom is -0.271 e. The van der Waals surface area contributed by atoms with E-state index in [0.717, 1.165) is 42.0 Å². The number of anilines is 1. The second-order valence-electron chi connectivity index (χ2n) is 5.43. The minimum atomic E-state index is -3.58. The third kappa shape index (κ3) is 4.07. The van der Waals surface area contributed by atoms with Crippen LogP contribution in [0.4, 0.5) is 5.69 Å². The lowest BCUT2D eigenvalue weighted by atomic mass is 10.2. The average molecular weight is 323 g/mol. The SMILES string of the molecule is C[C@H](C(=O)NN=C1CCCC1)N(c1ccccc1)S(C)(=O)=O. The van der Waals surface area contributed by atoms with Gasteiger partial charge in [0.25, 0.3) is 5.91 Å². The van der Waals surface area contributed by atoms with Gasteiger partial charge in [0.15, 0.2) is 0 Å². The minimum absolute atomic E-state index is 0.436. The largest absolute Gasteiger partial charge is 0.271 e. The van der Waals surface area contributed by atoms with Crippen molar-refractivity contribution in [2.45, 2.75) is 38.6 Å². The molecule has 1 fully saturated rings. The van der Waals surface area contributed by atoms with Crippen LogP contribution in [0.3, 0.4) is 0 Å². The number of nitrogens with zero attached hydrogens (tertiary/aromatic N) is 2. The summed E-state index contributed by atoms with van der Waals surface area (Å²) in [7, 11) is -3.58. The third-order valence-corrected chi connectivity index (χ3v) is 4.85. The summed E-state index contributed by atoms with van der Waals surface area (Å²) in [5.74, 6) is -0.436. The molecule has 1 aliphatic carbocycles. The first-order valence-electron chi connectivity index (χ1n) is 7.29. The molecule has 1 N–H and O–H groups in total. The predicted octanol–water partition coefficient (Wildman–Crippen LogP) is 1.89. The summed E-state index contributed by atoms with van der Waals surface area (Å²) >= 11 is 0. The fourth-order valence-corrected chi connectivity index (χ4v) is 3.68. The highest BCUT2D eigenvalue weighted by atomic mass is 32.2. The molecule has 0 bridgehead atoms. The number of carbonyl (C=O) groups excluding carboxylic acids is 1. The molecule has 1 atom stereocenters. The van der Waals surface area contributed by atoms with Gasteiger partial charge in [-0.3, -0.25) is 9.10 Å². The van der Waals surface area contributed by atoms with Crippen LogP contribution in [0.2, 0.25) is 0 Å². The Hall–Kier alpha value is -1.89. The van der Waals surface area contributed by atoms with E-state index >= 15 is 0 Å². The van der Waals surface area contributed by atoms with Gasteiger partial charge in [0.1, 0.15) is 6.04 Å². The van der Waals surface area contributed by atoms with Crippen LogP contribution in [-0.2, 0) is 14.8 Å². The Morgan fingerprint density at radius 1 is 1.23 bits per heavy atom. The molecule has 1 aliphatic rings. The van der Waals surface area contributed by atoms with E-state index in [4.69, 9.17) is 0 Å². The van der Waals surface area contributed by atoms with Crippen molar-refractivity contribution in [3.63, 3.8) is 0 Å². The summed E-state index contributed by atoms with van der Waals surface area (Å²) in [6, 6.07) is 7.71. The van der Waals surface area contributed by atoms with Crippen LogP contribution in [0.15, 0.2) is 35.4 Å². The van der Waals surface area contributed by atoms with E-state index in [1.807, 2.05) is 0 Å². The van der Waals surface area contributed by atoms with Gasteiger partial charge in [0.2, 0.25) is 10.0 Å². The maximum Gasteiger partial charge on any atom is 0.263 e. The standard InChI is InChI=1S/C15H21N3O3S/c1-12(15(19)17-16-13-8-6-7-9-13)18(22(2,20)21)14-10-4-3-5-11-14/h3-5,10-12H,6-9H2,1-2H3,(H,17,19)/t12-/m1/s1. The number of rotatable bonds is 5. The molecule has 0 aromatic heterocycles. The molecule has 7 heteroatoms. The van der Waals surface area contributed by atoms with Crippen molar-refractivity contribution in [1.29, 1.82) is 0 Å². The number of nitrogens with one attached hydrogen (secondary N) is 1. The van der Waals surface area contributed by atoms with Crippen molar-refractivity contribution in [3.8, 4) is 0 Å². The van der Waals surface area contributed by atoms with E-state index in [1.165, 1.54) is 0 Å². The van der Waals surface area contributed by atoms with Crippen molar-refractivity contribution in [3.05, 3.63) is 30.3 Å². The number of hydrogen-bond acceptors (Lipinski definition) is 4. The van der Waals surface area contributed by atoms with Crippen LogP contribution in [0, 0.1) is 0 Å². The second-order valence-corrected chi connectivity index (χ2v) is 7.29. The first-order valence-corrected chi connectivity index (χ1v) is 9.14. The lowest BCUT2D eigenvalue weighted by Crippen LogP contribution is -2.46. The van der Waals surface area contributed by atoms with Gasteiger partial charge in [-0.2, -0.15) is 5.10 Å². The van der Waals surface area contributed by atoms with Crippen molar-refractivity contribution in [2.24, 2.45) is 5.10 Å². The Balaban J connectivity index is 2.17. The van der Waals surface area contributed by atoms with Crippen LogP contribution >= 0.6 is 0 Å². The van der Waals surface area contributed by atoms with Gasteiger partial charge in [0, 0.05) is 5.71 Å². The third-order valence-electron chi connectivity index (χ3n) is 3.60. The monoisotopic (exact) mass is 323 g/mol. The van der Waals surface area contributed by atoms with E-state index in [1.54, 1.807) is 37.3 Å². The molecule has 0 radical (unpaired) electrons. The summed E-state index contributed by atoms with van der Waals surface area (Å²) < 4.78 is 25.2. The van der Waals surface area contributed by atoms with Gasteiger partial charge in [-0.05, 0) is 44.7 Å². The number of amides is 1. The molecule has 2 rings (SSSR count). The van der Waals surface area contributed by atoms with Gasteiger partial charge in [-0.25, -0.2) is 13.8 Å². The van der Waals surface area contributed by atoms with Crippen molar-refractivity contribution in [2.75, 3.05) is 10.6 Å². The number of hydrazone groups is 1. The molecule has 0 aliphatic heterocycles. The Labute approximate surface area is 131 Å². The second kappa shape index (κ2) is 6.91. The van der Waals surface area contributed by atoms with Crippen molar-refractivity contribution >= 4 is 27.3 Å². The molecular weight excluding hydrogens is 302 g/mol. The van der Waals surface area contributed by atoms with Gasteiger partial charge in [-0.1, -0.05) is 18.2 Å². The molecule has 1 aromatic rings. The topological polar surface area (TPSA) is 78.8 Å². The molecule has 1 saturated carbocycles. The summed E-state index contributed by atoms with van der Waals surface area (Å²) in [6.07, 6.45) is 5.05. The lowest BCUT2D eigenvalue weighted by Gasteiger charge is -2.27. The average Bonchev–Trinajstić information content (AvgIpc) is 2.97. The van der Waals surface area contributed by atoms with E-state index in [0.29, 0.717) is 5.69 Å². The smallest absolute Gasteiger partial charge is 0.263 e. The Morgan fingerprint density at radius 3 is 2.36 bits per heavy atom. The van der Waals surface area contributed by atoms with Crippen molar-refractivity contribution in [1.82, 2.24) is 5.43 Å². The van der Waals surface area contributed by atoms with E-state index in [-0.39, 0.29) is 0 Å². The van der Waals surface area contributed by atoms with Crippen LogP contribution in [0.5, 0.6) is 0 Å². The summed E-state index contributed by atoms with van der Waals surface area (Å²) in [4.78, 5) is 12.2. The summed E-state index contributed by atoms with van der Waals surface area (Å²) in [6.45, 7) is 1.55. The number of hydrogen-bond donors (Lipinski definition) is 1. The Kier molecular flexibility index (Phi) is 5.18. The molecule has 22 heavy (non-hydrogen) atoms. The van der Waals surface area contributed by atoms with Crippen LogP contribution in [-0.4, -0.2) is 32.3 Å². The number of para-hydroxylation sites is 1. The molecule has 0 heterocycles. The molecule has 120 valence electrons.